The summed E-state index contributed by atoms with van der Waals surface area (Å²) >= 11 is 1.55. The maximum Gasteiger partial charge on any atom is 0.260 e. The largest absolute Gasteiger partial charge is 0.493 e. The molecule has 1 amide bonds. The van der Waals surface area contributed by atoms with E-state index < -0.39 is 0 Å². The van der Waals surface area contributed by atoms with Crippen LogP contribution in [0, 0.1) is 0 Å². The van der Waals surface area contributed by atoms with Crippen molar-refractivity contribution < 1.29 is 19.0 Å². The fraction of sp³-hybridized carbons (Fsp3) is 0.412. The van der Waals surface area contributed by atoms with Crippen molar-refractivity contribution in [1.82, 2.24) is 9.88 Å². The van der Waals surface area contributed by atoms with E-state index >= 15 is 0 Å². The predicted molar refractivity (Wildman–Crippen MR) is 95.3 cm³/mol. The number of benzene rings is 1. The van der Waals surface area contributed by atoms with Crippen molar-refractivity contribution in [1.29, 1.82) is 0 Å². The van der Waals surface area contributed by atoms with E-state index in [0.717, 1.165) is 10.7 Å². The SMILES string of the molecule is COc1cc(CNc2nccs2)ccc1OCC(=O)N1CCOCC1. The zero-order valence-corrected chi connectivity index (χ0v) is 14.9. The maximum absolute atomic E-state index is 12.2. The van der Waals surface area contributed by atoms with Crippen LogP contribution in [0.3, 0.4) is 0 Å². The molecular weight excluding hydrogens is 342 g/mol. The van der Waals surface area contributed by atoms with E-state index in [1.54, 1.807) is 29.5 Å². The zero-order chi connectivity index (χ0) is 17.5. The van der Waals surface area contributed by atoms with Crippen LogP contribution in [0.5, 0.6) is 11.5 Å². The average Bonchev–Trinajstić information content (AvgIpc) is 3.19. The van der Waals surface area contributed by atoms with Gasteiger partial charge in [-0.2, -0.15) is 0 Å². The number of nitrogens with zero attached hydrogens (tertiary/aromatic N) is 2. The molecule has 7 nitrogen and oxygen atoms in total. The van der Waals surface area contributed by atoms with E-state index in [4.69, 9.17) is 14.2 Å². The van der Waals surface area contributed by atoms with E-state index in [1.165, 1.54) is 0 Å². The van der Waals surface area contributed by atoms with Gasteiger partial charge in [0.15, 0.2) is 23.2 Å². The second-order valence-corrected chi connectivity index (χ2v) is 6.35. The lowest BCUT2D eigenvalue weighted by molar-refractivity contribution is -0.137. The van der Waals surface area contributed by atoms with Gasteiger partial charge in [-0.05, 0) is 17.7 Å². The van der Waals surface area contributed by atoms with Crippen LogP contribution >= 0.6 is 11.3 Å². The summed E-state index contributed by atoms with van der Waals surface area (Å²) in [7, 11) is 1.59. The summed E-state index contributed by atoms with van der Waals surface area (Å²) in [5, 5.41) is 6.04. The first kappa shape index (κ1) is 17.5. The second-order valence-electron chi connectivity index (χ2n) is 5.46. The number of ether oxygens (including phenoxy) is 3. The van der Waals surface area contributed by atoms with Crippen molar-refractivity contribution in [3.63, 3.8) is 0 Å². The molecule has 0 bridgehead atoms. The molecule has 1 saturated heterocycles. The highest BCUT2D eigenvalue weighted by atomic mass is 32.1. The Balaban J connectivity index is 1.56. The van der Waals surface area contributed by atoms with E-state index in [9.17, 15) is 4.79 Å². The van der Waals surface area contributed by atoms with Gasteiger partial charge in [-0.15, -0.1) is 11.3 Å². The lowest BCUT2D eigenvalue weighted by Crippen LogP contribution is -2.43. The summed E-state index contributed by atoms with van der Waals surface area (Å²) in [6.45, 7) is 3.01. The smallest absolute Gasteiger partial charge is 0.260 e. The normalized spacial score (nSPS) is 14.2. The maximum atomic E-state index is 12.2. The first-order valence-corrected chi connectivity index (χ1v) is 8.93. The number of thiazole rings is 1. The third-order valence-corrected chi connectivity index (χ3v) is 4.55. The summed E-state index contributed by atoms with van der Waals surface area (Å²) in [5.74, 6) is 1.12. The van der Waals surface area contributed by atoms with Crippen LogP contribution in [-0.4, -0.2) is 55.8 Å². The van der Waals surface area contributed by atoms with Crippen molar-refractivity contribution in [2.45, 2.75) is 6.54 Å². The molecule has 8 heteroatoms. The molecule has 1 N–H and O–H groups in total. The fourth-order valence-electron chi connectivity index (χ4n) is 2.47. The average molecular weight is 363 g/mol. The van der Waals surface area contributed by atoms with E-state index in [2.05, 4.69) is 10.3 Å². The van der Waals surface area contributed by atoms with Crippen molar-refractivity contribution in [2.75, 3.05) is 45.3 Å². The molecule has 1 aliphatic heterocycles. The quantitative estimate of drug-likeness (QED) is 0.811. The highest BCUT2D eigenvalue weighted by molar-refractivity contribution is 7.13. The van der Waals surface area contributed by atoms with Gasteiger partial charge in [0.05, 0.1) is 20.3 Å². The first-order chi connectivity index (χ1) is 12.3. The van der Waals surface area contributed by atoms with Crippen LogP contribution in [0.25, 0.3) is 0 Å². The molecule has 25 heavy (non-hydrogen) atoms. The predicted octanol–water partition coefficient (Wildman–Crippen LogP) is 2.00. The molecule has 0 spiro atoms. The number of anilines is 1. The Bertz CT molecular complexity index is 687. The Morgan fingerprint density at radius 2 is 2.20 bits per heavy atom. The van der Waals surface area contributed by atoms with Crippen LogP contribution in [0.2, 0.25) is 0 Å². The Hall–Kier alpha value is -2.32. The summed E-state index contributed by atoms with van der Waals surface area (Å²) in [6.07, 6.45) is 1.76. The molecule has 0 saturated carbocycles. The van der Waals surface area contributed by atoms with Crippen LogP contribution in [0.15, 0.2) is 29.8 Å². The zero-order valence-electron chi connectivity index (χ0n) is 14.1. The standard InChI is InChI=1S/C17H21N3O4S/c1-22-15-10-13(11-19-17-18-4-9-25-17)2-3-14(15)24-12-16(21)20-5-7-23-8-6-20/h2-4,9-10H,5-8,11-12H2,1H3,(H,18,19). The Kier molecular flexibility index (Phi) is 6.08. The number of amides is 1. The van der Waals surface area contributed by atoms with Gasteiger partial charge in [0, 0.05) is 31.2 Å². The molecule has 3 rings (SSSR count). The van der Waals surface area contributed by atoms with Crippen LogP contribution in [0.4, 0.5) is 5.13 Å². The molecule has 1 aromatic carbocycles. The first-order valence-electron chi connectivity index (χ1n) is 8.05. The molecular formula is C17H21N3O4S. The van der Waals surface area contributed by atoms with E-state index in [0.29, 0.717) is 44.3 Å². The number of hydrogen-bond acceptors (Lipinski definition) is 7. The molecule has 0 aliphatic carbocycles. The minimum Gasteiger partial charge on any atom is -0.493 e. The van der Waals surface area contributed by atoms with Crippen LogP contribution in [-0.2, 0) is 16.1 Å². The van der Waals surface area contributed by atoms with Gasteiger partial charge in [0.25, 0.3) is 5.91 Å². The summed E-state index contributed by atoms with van der Waals surface area (Å²) < 4.78 is 16.3. The molecule has 0 unspecified atom stereocenters. The van der Waals surface area contributed by atoms with Crippen molar-refractivity contribution in [3.05, 3.63) is 35.3 Å². The lowest BCUT2D eigenvalue weighted by Gasteiger charge is -2.26. The lowest BCUT2D eigenvalue weighted by atomic mass is 10.2. The van der Waals surface area contributed by atoms with E-state index in [1.807, 2.05) is 23.6 Å². The third-order valence-electron chi connectivity index (χ3n) is 3.82. The van der Waals surface area contributed by atoms with Crippen molar-refractivity contribution in [3.8, 4) is 11.5 Å². The van der Waals surface area contributed by atoms with Crippen molar-refractivity contribution >= 4 is 22.4 Å². The Morgan fingerprint density at radius 3 is 2.92 bits per heavy atom. The van der Waals surface area contributed by atoms with Gasteiger partial charge in [0.2, 0.25) is 0 Å². The van der Waals surface area contributed by atoms with Gasteiger partial charge in [0.1, 0.15) is 0 Å². The molecule has 2 heterocycles. The molecule has 1 aliphatic rings. The molecule has 1 fully saturated rings. The van der Waals surface area contributed by atoms with Gasteiger partial charge in [-0.3, -0.25) is 4.79 Å². The highest BCUT2D eigenvalue weighted by Gasteiger charge is 2.18. The van der Waals surface area contributed by atoms with Gasteiger partial charge >= 0.3 is 0 Å². The van der Waals surface area contributed by atoms with E-state index in [-0.39, 0.29) is 12.5 Å². The number of carbonyl (C=O) groups excluding carboxylic acids is 1. The molecule has 134 valence electrons. The van der Waals surface area contributed by atoms with Gasteiger partial charge < -0.3 is 24.4 Å². The van der Waals surface area contributed by atoms with Crippen LogP contribution in [0.1, 0.15) is 5.56 Å². The monoisotopic (exact) mass is 363 g/mol. The fourth-order valence-corrected chi connectivity index (χ4v) is 3.00. The Labute approximate surface area is 150 Å². The van der Waals surface area contributed by atoms with Gasteiger partial charge in [-0.1, -0.05) is 6.07 Å². The number of morpholine rings is 1. The van der Waals surface area contributed by atoms with Crippen molar-refractivity contribution in [2.24, 2.45) is 0 Å². The van der Waals surface area contributed by atoms with Gasteiger partial charge in [-0.25, -0.2) is 4.98 Å². The molecule has 0 radical (unpaired) electrons. The number of rotatable bonds is 7. The molecule has 2 aromatic rings. The summed E-state index contributed by atoms with van der Waals surface area (Å²) in [6, 6.07) is 5.66. The number of hydrogen-bond donors (Lipinski definition) is 1. The highest BCUT2D eigenvalue weighted by Crippen LogP contribution is 2.28. The number of methoxy groups -OCH3 is 1. The topological polar surface area (TPSA) is 72.9 Å². The number of aromatic nitrogens is 1. The second kappa shape index (κ2) is 8.68. The van der Waals surface area contributed by atoms with Crippen LogP contribution < -0.4 is 14.8 Å². The minimum absolute atomic E-state index is 0.00687. The number of carbonyl (C=O) groups is 1. The minimum atomic E-state index is -0.0418. The summed E-state index contributed by atoms with van der Waals surface area (Å²) in [4.78, 5) is 18.1. The molecule has 0 atom stereocenters. The third kappa shape index (κ3) is 4.83. The Morgan fingerprint density at radius 1 is 1.36 bits per heavy atom. The summed E-state index contributed by atoms with van der Waals surface area (Å²) in [5.41, 5.74) is 1.04. The molecule has 1 aromatic heterocycles. The number of nitrogens with one attached hydrogen (secondary N) is 1.